The van der Waals surface area contributed by atoms with Crippen LogP contribution in [0.25, 0.3) is 0 Å². The molecule has 0 aromatic rings. The van der Waals surface area contributed by atoms with Crippen molar-refractivity contribution in [2.75, 3.05) is 32.7 Å². The number of halogens is 1. The van der Waals surface area contributed by atoms with Crippen molar-refractivity contribution in [2.24, 2.45) is 0 Å². The first-order valence-corrected chi connectivity index (χ1v) is 5.97. The molecule has 2 rings (SSSR count). The Balaban J connectivity index is 1.80. The minimum atomic E-state index is -0.621. The van der Waals surface area contributed by atoms with Crippen LogP contribution in [0.3, 0.4) is 0 Å². The van der Waals surface area contributed by atoms with Crippen molar-refractivity contribution in [1.82, 2.24) is 10.2 Å². The van der Waals surface area contributed by atoms with Gasteiger partial charge in [0.2, 0.25) is 0 Å². The molecular weight excluding hydrogens is 195 g/mol. The first-order chi connectivity index (χ1) is 7.18. The fourth-order valence-corrected chi connectivity index (χ4v) is 2.53. The number of hydrogen-bond acceptors (Lipinski definition) is 3. The zero-order chi connectivity index (χ0) is 10.7. The van der Waals surface area contributed by atoms with E-state index in [4.69, 9.17) is 0 Å². The first-order valence-electron chi connectivity index (χ1n) is 5.97. The number of piperidine rings is 2. The highest BCUT2D eigenvalue weighted by Gasteiger charge is 2.32. The predicted molar refractivity (Wildman–Crippen MR) is 57.6 cm³/mol. The van der Waals surface area contributed by atoms with E-state index in [1.807, 2.05) is 0 Å². The van der Waals surface area contributed by atoms with Gasteiger partial charge in [0.15, 0.2) is 0 Å². The Morgan fingerprint density at radius 2 is 1.87 bits per heavy atom. The average Bonchev–Trinajstić information content (AvgIpc) is 2.22. The molecule has 0 aliphatic carbocycles. The number of nitrogens with one attached hydrogen (secondary N) is 1. The summed E-state index contributed by atoms with van der Waals surface area (Å²) in [7, 11) is 0. The Morgan fingerprint density at radius 1 is 1.27 bits per heavy atom. The van der Waals surface area contributed by atoms with Gasteiger partial charge < -0.3 is 15.3 Å². The van der Waals surface area contributed by atoms with Crippen molar-refractivity contribution in [1.29, 1.82) is 0 Å². The molecule has 2 fully saturated rings. The van der Waals surface area contributed by atoms with Gasteiger partial charge in [-0.2, -0.15) is 0 Å². The molecule has 0 aromatic heterocycles. The molecular formula is C11H21FN2O. The molecule has 0 bridgehead atoms. The van der Waals surface area contributed by atoms with Gasteiger partial charge in [0.05, 0.1) is 5.60 Å². The normalized spacial score (nSPS) is 29.2. The van der Waals surface area contributed by atoms with Crippen LogP contribution in [0.1, 0.15) is 25.7 Å². The smallest absolute Gasteiger partial charge is 0.103 e. The Bertz CT molecular complexity index is 199. The van der Waals surface area contributed by atoms with Gasteiger partial charge >= 0.3 is 0 Å². The summed E-state index contributed by atoms with van der Waals surface area (Å²) < 4.78 is 12.9. The van der Waals surface area contributed by atoms with Crippen LogP contribution >= 0.6 is 0 Å². The van der Waals surface area contributed by atoms with Gasteiger partial charge in [-0.1, -0.05) is 0 Å². The fourth-order valence-electron chi connectivity index (χ4n) is 2.53. The molecule has 4 heteroatoms. The molecule has 2 aliphatic heterocycles. The van der Waals surface area contributed by atoms with E-state index in [2.05, 4.69) is 10.2 Å². The van der Waals surface area contributed by atoms with Crippen LogP contribution in [-0.4, -0.2) is 54.5 Å². The number of rotatable bonds is 2. The Kier molecular flexibility index (Phi) is 3.59. The number of hydrogen-bond donors (Lipinski definition) is 2. The van der Waals surface area contributed by atoms with Crippen molar-refractivity contribution in [3.05, 3.63) is 0 Å². The predicted octanol–water partition coefficient (Wildman–Crippen LogP) is 0.535. The molecule has 0 aromatic carbocycles. The molecule has 3 nitrogen and oxygen atoms in total. The minimum Gasteiger partial charge on any atom is -0.388 e. The van der Waals surface area contributed by atoms with Gasteiger partial charge in [-0.15, -0.1) is 0 Å². The van der Waals surface area contributed by atoms with E-state index < -0.39 is 11.8 Å². The summed E-state index contributed by atoms with van der Waals surface area (Å²) in [4.78, 5) is 2.21. The Morgan fingerprint density at radius 3 is 2.47 bits per heavy atom. The van der Waals surface area contributed by atoms with Crippen molar-refractivity contribution < 1.29 is 9.50 Å². The third-order valence-electron chi connectivity index (χ3n) is 3.57. The summed E-state index contributed by atoms with van der Waals surface area (Å²) in [5.41, 5.74) is -0.533. The topological polar surface area (TPSA) is 35.5 Å². The van der Waals surface area contributed by atoms with Gasteiger partial charge in [-0.05, 0) is 38.8 Å². The molecule has 88 valence electrons. The zero-order valence-corrected chi connectivity index (χ0v) is 9.21. The lowest BCUT2D eigenvalue weighted by atomic mass is 9.91. The lowest BCUT2D eigenvalue weighted by Crippen LogP contribution is -2.51. The number of nitrogens with zero attached hydrogens (tertiary/aromatic N) is 1. The number of likely N-dealkylation sites (tertiary alicyclic amines) is 1. The summed E-state index contributed by atoms with van der Waals surface area (Å²) in [5, 5.41) is 13.6. The number of β-amino-alcohol motifs (C(OH)–C–C–N with tert-alkyl or cyclic N) is 1. The van der Waals surface area contributed by atoms with Crippen LogP contribution in [0.15, 0.2) is 0 Å². The highest BCUT2D eigenvalue weighted by molar-refractivity contribution is 4.88. The zero-order valence-electron chi connectivity index (χ0n) is 9.21. The van der Waals surface area contributed by atoms with Crippen LogP contribution in [0.4, 0.5) is 4.39 Å². The van der Waals surface area contributed by atoms with E-state index in [0.29, 0.717) is 12.8 Å². The largest absolute Gasteiger partial charge is 0.388 e. The van der Waals surface area contributed by atoms with E-state index in [-0.39, 0.29) is 0 Å². The summed E-state index contributed by atoms with van der Waals surface area (Å²) >= 11 is 0. The van der Waals surface area contributed by atoms with E-state index in [0.717, 1.165) is 45.6 Å². The van der Waals surface area contributed by atoms with Crippen molar-refractivity contribution in [3.8, 4) is 0 Å². The molecule has 0 atom stereocenters. The second-order valence-electron chi connectivity index (χ2n) is 4.93. The van der Waals surface area contributed by atoms with E-state index >= 15 is 0 Å². The molecule has 0 saturated carbocycles. The van der Waals surface area contributed by atoms with Gasteiger partial charge in [0, 0.05) is 19.6 Å². The van der Waals surface area contributed by atoms with Crippen LogP contribution in [0.2, 0.25) is 0 Å². The summed E-state index contributed by atoms with van der Waals surface area (Å²) in [6.45, 7) is 4.13. The van der Waals surface area contributed by atoms with Crippen LogP contribution in [0, 0.1) is 0 Å². The second-order valence-corrected chi connectivity index (χ2v) is 4.93. The third kappa shape index (κ3) is 3.13. The SMILES string of the molecule is OC1(CN2CCC(F)CC2)CCNCC1. The molecule has 15 heavy (non-hydrogen) atoms. The maximum Gasteiger partial charge on any atom is 0.103 e. The molecule has 2 aliphatic rings. The molecule has 2 N–H and O–H groups in total. The van der Waals surface area contributed by atoms with Crippen LogP contribution in [-0.2, 0) is 0 Å². The maximum absolute atomic E-state index is 12.9. The quantitative estimate of drug-likeness (QED) is 0.707. The van der Waals surface area contributed by atoms with E-state index in [9.17, 15) is 9.50 Å². The average molecular weight is 216 g/mol. The third-order valence-corrected chi connectivity index (χ3v) is 3.57. The Hall–Kier alpha value is -0.190. The number of alkyl halides is 1. The molecule has 2 heterocycles. The highest BCUT2D eigenvalue weighted by Crippen LogP contribution is 2.22. The minimum absolute atomic E-state index is 0.533. The summed E-state index contributed by atoms with van der Waals surface area (Å²) in [6, 6.07) is 0. The maximum atomic E-state index is 12.9. The van der Waals surface area contributed by atoms with Crippen LogP contribution in [0.5, 0.6) is 0 Å². The molecule has 0 radical (unpaired) electrons. The van der Waals surface area contributed by atoms with Crippen molar-refractivity contribution >= 4 is 0 Å². The van der Waals surface area contributed by atoms with Gasteiger partial charge in [0.1, 0.15) is 6.17 Å². The fraction of sp³-hybridized carbons (Fsp3) is 1.00. The lowest BCUT2D eigenvalue weighted by molar-refractivity contribution is -0.0289. The molecule has 0 spiro atoms. The summed E-state index contributed by atoms with van der Waals surface area (Å²) in [5.74, 6) is 0. The number of aliphatic hydroxyl groups is 1. The van der Waals surface area contributed by atoms with Crippen molar-refractivity contribution in [3.63, 3.8) is 0 Å². The molecule has 0 unspecified atom stereocenters. The van der Waals surface area contributed by atoms with E-state index in [1.54, 1.807) is 0 Å². The van der Waals surface area contributed by atoms with Crippen molar-refractivity contribution in [2.45, 2.75) is 37.5 Å². The van der Waals surface area contributed by atoms with Gasteiger partial charge in [0.25, 0.3) is 0 Å². The summed E-state index contributed by atoms with van der Waals surface area (Å²) in [6.07, 6.45) is 2.29. The lowest BCUT2D eigenvalue weighted by Gasteiger charge is -2.39. The van der Waals surface area contributed by atoms with Gasteiger partial charge in [-0.25, -0.2) is 4.39 Å². The molecule has 2 saturated heterocycles. The van der Waals surface area contributed by atoms with E-state index in [1.165, 1.54) is 0 Å². The Labute approximate surface area is 90.6 Å². The second kappa shape index (κ2) is 4.76. The molecule has 0 amide bonds. The monoisotopic (exact) mass is 216 g/mol. The first kappa shape index (κ1) is 11.3. The standard InChI is InChI=1S/C11H21FN2O/c12-10-1-7-14(8-2-10)9-11(15)3-5-13-6-4-11/h10,13,15H,1-9H2. The van der Waals surface area contributed by atoms with Crippen LogP contribution < -0.4 is 5.32 Å². The van der Waals surface area contributed by atoms with Gasteiger partial charge in [-0.3, -0.25) is 0 Å². The highest BCUT2D eigenvalue weighted by atomic mass is 19.1.